The number of aryl methyl sites for hydroxylation is 1. The van der Waals surface area contributed by atoms with Gasteiger partial charge in [-0.2, -0.15) is 0 Å². The Balaban J connectivity index is 2.55. The van der Waals surface area contributed by atoms with Gasteiger partial charge in [0.25, 0.3) is 0 Å². The molecule has 94 valence electrons. The normalized spacial score (nSPS) is 11.3. The van der Waals surface area contributed by atoms with Gasteiger partial charge in [0.1, 0.15) is 0 Å². The van der Waals surface area contributed by atoms with Crippen LogP contribution in [-0.2, 0) is 0 Å². The topological polar surface area (TPSA) is 3.24 Å². The first-order valence-electron chi connectivity index (χ1n) is 6.41. The van der Waals surface area contributed by atoms with Crippen LogP contribution in [0.5, 0.6) is 0 Å². The van der Waals surface area contributed by atoms with Gasteiger partial charge in [-0.15, -0.1) is 0 Å². The predicted molar refractivity (Wildman–Crippen MR) is 79.5 cm³/mol. The smallest absolute Gasteiger partial charge is 0.0445 e. The molecule has 0 bridgehead atoms. The number of hydrogen-bond donors (Lipinski definition) is 0. The highest BCUT2D eigenvalue weighted by molar-refractivity contribution is 5.68. The fraction of sp³-hybridized carbons (Fsp3) is 0.294. The summed E-state index contributed by atoms with van der Waals surface area (Å²) in [6.07, 6.45) is 0. The van der Waals surface area contributed by atoms with E-state index >= 15 is 0 Å². The minimum atomic E-state index is 0.0491. The largest absolute Gasteiger partial charge is 0.336 e. The summed E-state index contributed by atoms with van der Waals surface area (Å²) in [6, 6.07) is 19.1. The predicted octanol–water partition coefficient (Wildman–Crippen LogP) is 4.93. The number of nitrogens with zero attached hydrogens (tertiary/aromatic N) is 1. The summed E-state index contributed by atoms with van der Waals surface area (Å²) < 4.78 is 0. The summed E-state index contributed by atoms with van der Waals surface area (Å²) in [4.78, 5) is 2.39. The van der Waals surface area contributed by atoms with Crippen molar-refractivity contribution in [1.29, 1.82) is 0 Å². The summed E-state index contributed by atoms with van der Waals surface area (Å²) in [5.41, 5.74) is 3.86. The van der Waals surface area contributed by atoms with Crippen LogP contribution in [0.3, 0.4) is 0 Å². The second-order valence-corrected chi connectivity index (χ2v) is 5.63. The van der Waals surface area contributed by atoms with Crippen LogP contribution >= 0.6 is 0 Å². The van der Waals surface area contributed by atoms with Crippen molar-refractivity contribution >= 4 is 11.4 Å². The third-order valence-electron chi connectivity index (χ3n) is 3.04. The Morgan fingerprint density at radius 2 is 1.33 bits per heavy atom. The molecule has 0 aliphatic carbocycles. The lowest BCUT2D eigenvalue weighted by molar-refractivity contribution is 0.559. The third kappa shape index (κ3) is 2.56. The van der Waals surface area contributed by atoms with E-state index in [9.17, 15) is 0 Å². The molecule has 18 heavy (non-hydrogen) atoms. The van der Waals surface area contributed by atoms with E-state index in [2.05, 4.69) is 87.2 Å². The van der Waals surface area contributed by atoms with Gasteiger partial charge in [0.15, 0.2) is 0 Å². The summed E-state index contributed by atoms with van der Waals surface area (Å²) in [6.45, 7) is 8.89. The standard InChI is InChI=1S/C17H21N/c1-14-10-8-9-13-16(14)18(17(2,3)4)15-11-6-5-7-12-15/h5-13H,1-4H3. The van der Waals surface area contributed by atoms with Crippen molar-refractivity contribution in [2.24, 2.45) is 0 Å². The van der Waals surface area contributed by atoms with Gasteiger partial charge in [0, 0.05) is 16.9 Å². The Morgan fingerprint density at radius 3 is 1.89 bits per heavy atom. The Hall–Kier alpha value is -1.76. The molecule has 0 spiro atoms. The van der Waals surface area contributed by atoms with E-state index in [1.165, 1.54) is 16.9 Å². The summed E-state index contributed by atoms with van der Waals surface area (Å²) in [5.74, 6) is 0. The zero-order valence-corrected chi connectivity index (χ0v) is 11.6. The van der Waals surface area contributed by atoms with Crippen LogP contribution in [0.4, 0.5) is 11.4 Å². The first kappa shape index (κ1) is 12.7. The van der Waals surface area contributed by atoms with Crippen LogP contribution in [0, 0.1) is 6.92 Å². The van der Waals surface area contributed by atoms with E-state index in [0.717, 1.165) is 0 Å². The van der Waals surface area contributed by atoms with E-state index in [1.807, 2.05) is 0 Å². The highest BCUT2D eigenvalue weighted by Crippen LogP contribution is 2.34. The highest BCUT2D eigenvalue weighted by Gasteiger charge is 2.24. The molecule has 0 amide bonds. The number of hydrogen-bond acceptors (Lipinski definition) is 1. The molecule has 0 atom stereocenters. The van der Waals surface area contributed by atoms with Crippen LogP contribution in [0.15, 0.2) is 54.6 Å². The van der Waals surface area contributed by atoms with Crippen LogP contribution in [0.1, 0.15) is 26.3 Å². The molecule has 0 aliphatic rings. The minimum Gasteiger partial charge on any atom is -0.336 e. The summed E-state index contributed by atoms with van der Waals surface area (Å²) >= 11 is 0. The Morgan fingerprint density at radius 1 is 0.778 bits per heavy atom. The van der Waals surface area contributed by atoms with Crippen molar-refractivity contribution in [1.82, 2.24) is 0 Å². The monoisotopic (exact) mass is 239 g/mol. The SMILES string of the molecule is Cc1ccccc1N(c1ccccc1)C(C)(C)C. The molecule has 0 aliphatic heterocycles. The van der Waals surface area contributed by atoms with Crippen LogP contribution in [0.25, 0.3) is 0 Å². The van der Waals surface area contributed by atoms with Crippen molar-refractivity contribution in [3.63, 3.8) is 0 Å². The molecule has 2 aromatic carbocycles. The molecule has 0 saturated heterocycles. The molecule has 1 nitrogen and oxygen atoms in total. The van der Waals surface area contributed by atoms with E-state index in [1.54, 1.807) is 0 Å². The third-order valence-corrected chi connectivity index (χ3v) is 3.04. The van der Waals surface area contributed by atoms with Gasteiger partial charge in [0.05, 0.1) is 0 Å². The molecule has 0 saturated carbocycles. The first-order valence-corrected chi connectivity index (χ1v) is 6.41. The first-order chi connectivity index (χ1) is 8.50. The van der Waals surface area contributed by atoms with Crippen LogP contribution in [0.2, 0.25) is 0 Å². The van der Waals surface area contributed by atoms with Gasteiger partial charge in [0.2, 0.25) is 0 Å². The second-order valence-electron chi connectivity index (χ2n) is 5.63. The van der Waals surface area contributed by atoms with E-state index in [0.29, 0.717) is 0 Å². The van der Waals surface area contributed by atoms with Gasteiger partial charge in [-0.05, 0) is 51.5 Å². The highest BCUT2D eigenvalue weighted by atomic mass is 15.2. The Bertz CT molecular complexity index is 509. The number of anilines is 2. The lowest BCUT2D eigenvalue weighted by Crippen LogP contribution is -2.37. The average molecular weight is 239 g/mol. The van der Waals surface area contributed by atoms with Crippen molar-refractivity contribution in [2.75, 3.05) is 4.90 Å². The zero-order chi connectivity index (χ0) is 13.2. The zero-order valence-electron chi connectivity index (χ0n) is 11.6. The molecule has 0 heterocycles. The maximum Gasteiger partial charge on any atom is 0.0445 e. The van der Waals surface area contributed by atoms with E-state index < -0.39 is 0 Å². The molecule has 0 fully saturated rings. The van der Waals surface area contributed by atoms with Gasteiger partial charge >= 0.3 is 0 Å². The molecule has 0 N–H and O–H groups in total. The molecule has 0 radical (unpaired) electrons. The van der Waals surface area contributed by atoms with Crippen molar-refractivity contribution in [2.45, 2.75) is 33.2 Å². The van der Waals surface area contributed by atoms with Gasteiger partial charge in [-0.3, -0.25) is 0 Å². The maximum absolute atomic E-state index is 2.39. The van der Waals surface area contributed by atoms with Gasteiger partial charge in [-0.1, -0.05) is 36.4 Å². The molecule has 0 aromatic heterocycles. The number of rotatable bonds is 2. The molecule has 2 aromatic rings. The van der Waals surface area contributed by atoms with Gasteiger partial charge < -0.3 is 4.90 Å². The van der Waals surface area contributed by atoms with Crippen molar-refractivity contribution in [3.05, 3.63) is 60.2 Å². The molecule has 2 rings (SSSR count). The van der Waals surface area contributed by atoms with Crippen LogP contribution < -0.4 is 4.90 Å². The van der Waals surface area contributed by atoms with E-state index in [-0.39, 0.29) is 5.54 Å². The van der Waals surface area contributed by atoms with Gasteiger partial charge in [-0.25, -0.2) is 0 Å². The molecular formula is C17H21N. The fourth-order valence-corrected chi connectivity index (χ4v) is 2.28. The molecule has 1 heteroatoms. The minimum absolute atomic E-state index is 0.0491. The Kier molecular flexibility index (Phi) is 3.42. The lowest BCUT2D eigenvalue weighted by Gasteiger charge is -2.38. The van der Waals surface area contributed by atoms with Crippen molar-refractivity contribution in [3.8, 4) is 0 Å². The quantitative estimate of drug-likeness (QED) is 0.718. The lowest BCUT2D eigenvalue weighted by atomic mass is 10.0. The summed E-state index contributed by atoms with van der Waals surface area (Å²) in [5, 5.41) is 0. The fourth-order valence-electron chi connectivity index (χ4n) is 2.28. The summed E-state index contributed by atoms with van der Waals surface area (Å²) in [7, 11) is 0. The van der Waals surface area contributed by atoms with Crippen molar-refractivity contribution < 1.29 is 0 Å². The number of para-hydroxylation sites is 2. The molecular weight excluding hydrogens is 218 g/mol. The Labute approximate surface area is 110 Å². The van der Waals surface area contributed by atoms with E-state index in [4.69, 9.17) is 0 Å². The second kappa shape index (κ2) is 4.85. The molecule has 0 unspecified atom stereocenters. The maximum atomic E-state index is 2.39. The number of benzene rings is 2. The van der Waals surface area contributed by atoms with Crippen LogP contribution in [-0.4, -0.2) is 5.54 Å². The average Bonchev–Trinajstić information content (AvgIpc) is 2.32.